The van der Waals surface area contributed by atoms with Gasteiger partial charge in [0.15, 0.2) is 0 Å². The maximum absolute atomic E-state index is 11.7. The largest absolute Gasteiger partial charge is 0.390 e. The van der Waals surface area contributed by atoms with E-state index in [0.29, 0.717) is 19.6 Å². The third-order valence-corrected chi connectivity index (χ3v) is 4.03. The van der Waals surface area contributed by atoms with Gasteiger partial charge in [-0.3, -0.25) is 0 Å². The van der Waals surface area contributed by atoms with Crippen molar-refractivity contribution in [2.45, 2.75) is 6.10 Å². The van der Waals surface area contributed by atoms with Crippen molar-refractivity contribution in [2.75, 3.05) is 40.3 Å². The number of β-amino-alcohol motifs (C(OH)–C–C–N with tert-alkyl or cyclic N) is 1. The Morgan fingerprint density at radius 2 is 2.14 bits per heavy atom. The maximum Gasteiger partial charge on any atom is 0.281 e. The highest BCUT2D eigenvalue weighted by Gasteiger charge is 2.27. The zero-order valence-corrected chi connectivity index (χ0v) is 9.29. The molecule has 0 aromatic heterocycles. The zero-order chi connectivity index (χ0) is 10.8. The van der Waals surface area contributed by atoms with Gasteiger partial charge >= 0.3 is 0 Å². The van der Waals surface area contributed by atoms with Gasteiger partial charge in [0.2, 0.25) is 0 Å². The van der Waals surface area contributed by atoms with E-state index in [2.05, 4.69) is 5.32 Å². The van der Waals surface area contributed by atoms with Crippen LogP contribution in [0.3, 0.4) is 0 Å². The first kappa shape index (κ1) is 11.9. The molecule has 1 rings (SSSR count). The number of rotatable bonds is 2. The van der Waals surface area contributed by atoms with E-state index in [1.54, 1.807) is 0 Å². The van der Waals surface area contributed by atoms with Gasteiger partial charge in [-0.25, -0.2) is 0 Å². The van der Waals surface area contributed by atoms with E-state index in [0.717, 1.165) is 4.31 Å². The average Bonchev–Trinajstić information content (AvgIpc) is 2.29. The van der Waals surface area contributed by atoms with Gasteiger partial charge in [-0.05, 0) is 0 Å². The Morgan fingerprint density at radius 1 is 1.50 bits per heavy atom. The lowest BCUT2D eigenvalue weighted by atomic mass is 10.4. The van der Waals surface area contributed by atoms with Crippen molar-refractivity contribution in [1.82, 2.24) is 13.9 Å². The summed E-state index contributed by atoms with van der Waals surface area (Å²) < 4.78 is 25.8. The number of nitrogens with one attached hydrogen (secondary N) is 1. The van der Waals surface area contributed by atoms with Gasteiger partial charge < -0.3 is 10.4 Å². The lowest BCUT2D eigenvalue weighted by Crippen LogP contribution is -2.43. The molecule has 84 valence electrons. The molecule has 0 amide bonds. The molecule has 0 aromatic rings. The molecule has 1 atom stereocenters. The molecule has 1 aliphatic heterocycles. The molecule has 1 unspecified atom stereocenters. The summed E-state index contributed by atoms with van der Waals surface area (Å²) in [5, 5.41) is 12.4. The van der Waals surface area contributed by atoms with Crippen molar-refractivity contribution in [3.05, 3.63) is 0 Å². The molecule has 0 saturated carbocycles. The molecule has 14 heavy (non-hydrogen) atoms. The first-order valence-electron chi connectivity index (χ1n) is 4.51. The topological polar surface area (TPSA) is 72.9 Å². The molecule has 2 N–H and O–H groups in total. The Bertz CT molecular complexity index is 278. The molecule has 0 aromatic carbocycles. The molecular weight excluding hydrogens is 206 g/mol. The Kier molecular flexibility index (Phi) is 3.85. The van der Waals surface area contributed by atoms with E-state index in [-0.39, 0.29) is 6.54 Å². The molecule has 1 heterocycles. The quantitative estimate of drug-likeness (QED) is 0.571. The first-order valence-corrected chi connectivity index (χ1v) is 5.90. The Balaban J connectivity index is 2.75. The van der Waals surface area contributed by atoms with Gasteiger partial charge in [-0.1, -0.05) is 0 Å². The van der Waals surface area contributed by atoms with Crippen LogP contribution in [0.15, 0.2) is 0 Å². The summed E-state index contributed by atoms with van der Waals surface area (Å²) in [5.74, 6) is 0. The summed E-state index contributed by atoms with van der Waals surface area (Å²) in [6.07, 6.45) is -0.632. The van der Waals surface area contributed by atoms with E-state index >= 15 is 0 Å². The molecule has 0 bridgehead atoms. The molecule has 1 fully saturated rings. The smallest absolute Gasteiger partial charge is 0.281 e. The monoisotopic (exact) mass is 223 g/mol. The lowest BCUT2D eigenvalue weighted by molar-refractivity contribution is 0.157. The molecule has 0 aliphatic carbocycles. The summed E-state index contributed by atoms with van der Waals surface area (Å²) in [7, 11) is -0.417. The summed E-state index contributed by atoms with van der Waals surface area (Å²) in [4.78, 5) is 0. The average molecular weight is 223 g/mol. The van der Waals surface area contributed by atoms with E-state index < -0.39 is 16.3 Å². The van der Waals surface area contributed by atoms with Crippen molar-refractivity contribution in [1.29, 1.82) is 0 Å². The number of hydrogen-bond acceptors (Lipinski definition) is 4. The van der Waals surface area contributed by atoms with Crippen molar-refractivity contribution >= 4 is 10.2 Å². The summed E-state index contributed by atoms with van der Waals surface area (Å²) >= 11 is 0. The summed E-state index contributed by atoms with van der Waals surface area (Å²) in [6, 6.07) is 0. The van der Waals surface area contributed by atoms with Crippen LogP contribution in [-0.4, -0.2) is 68.5 Å². The molecule has 1 aliphatic rings. The second-order valence-electron chi connectivity index (χ2n) is 3.51. The predicted molar refractivity (Wildman–Crippen MR) is 53.1 cm³/mol. The van der Waals surface area contributed by atoms with Gasteiger partial charge in [-0.15, -0.1) is 0 Å². The highest BCUT2D eigenvalue weighted by Crippen LogP contribution is 2.06. The van der Waals surface area contributed by atoms with Crippen LogP contribution in [0, 0.1) is 0 Å². The van der Waals surface area contributed by atoms with Crippen LogP contribution >= 0.6 is 0 Å². The standard InChI is InChI=1S/C7H17N3O3S/c1-9(2)14(12,13)10-4-3-8-5-7(11)6-10/h7-8,11H,3-6H2,1-2H3. The Labute approximate surface area is 84.7 Å². The lowest BCUT2D eigenvalue weighted by Gasteiger charge is -2.24. The third kappa shape index (κ3) is 2.64. The van der Waals surface area contributed by atoms with Crippen LogP contribution < -0.4 is 5.32 Å². The SMILES string of the molecule is CN(C)S(=O)(=O)N1CCNCC(O)C1. The fourth-order valence-corrected chi connectivity index (χ4v) is 2.45. The molecular formula is C7H17N3O3S. The van der Waals surface area contributed by atoms with Crippen molar-refractivity contribution in [3.8, 4) is 0 Å². The van der Waals surface area contributed by atoms with E-state index in [4.69, 9.17) is 0 Å². The second-order valence-corrected chi connectivity index (χ2v) is 5.65. The van der Waals surface area contributed by atoms with Crippen molar-refractivity contribution < 1.29 is 13.5 Å². The van der Waals surface area contributed by atoms with Gasteiger partial charge in [0, 0.05) is 40.3 Å². The first-order chi connectivity index (χ1) is 6.44. The highest BCUT2D eigenvalue weighted by atomic mass is 32.2. The molecule has 6 nitrogen and oxygen atoms in total. The minimum absolute atomic E-state index is 0.160. The second kappa shape index (κ2) is 4.54. The van der Waals surface area contributed by atoms with Gasteiger partial charge in [0.25, 0.3) is 10.2 Å². The van der Waals surface area contributed by atoms with E-state index in [1.807, 2.05) is 0 Å². The fourth-order valence-electron chi connectivity index (χ4n) is 1.30. The van der Waals surface area contributed by atoms with Crippen molar-refractivity contribution in [2.24, 2.45) is 0 Å². The fraction of sp³-hybridized carbons (Fsp3) is 1.00. The van der Waals surface area contributed by atoms with E-state index in [9.17, 15) is 13.5 Å². The van der Waals surface area contributed by atoms with Gasteiger partial charge in [0.05, 0.1) is 6.10 Å². The molecule has 0 radical (unpaired) electrons. The number of aliphatic hydroxyl groups excluding tert-OH is 1. The normalized spacial score (nSPS) is 26.4. The minimum Gasteiger partial charge on any atom is -0.390 e. The van der Waals surface area contributed by atoms with Crippen molar-refractivity contribution in [3.63, 3.8) is 0 Å². The third-order valence-electron chi connectivity index (χ3n) is 2.12. The molecule has 7 heteroatoms. The maximum atomic E-state index is 11.7. The minimum atomic E-state index is -3.39. The predicted octanol–water partition coefficient (Wildman–Crippen LogP) is -1.94. The molecule has 1 saturated heterocycles. The van der Waals surface area contributed by atoms with Crippen LogP contribution in [0.25, 0.3) is 0 Å². The Hall–Kier alpha value is -0.210. The summed E-state index contributed by atoms with van der Waals surface area (Å²) in [6.45, 7) is 1.58. The zero-order valence-electron chi connectivity index (χ0n) is 8.47. The highest BCUT2D eigenvalue weighted by molar-refractivity contribution is 7.86. The van der Waals surface area contributed by atoms with Crippen LogP contribution in [0.1, 0.15) is 0 Å². The number of nitrogens with zero attached hydrogens (tertiary/aromatic N) is 2. The van der Waals surface area contributed by atoms with Gasteiger partial charge in [0.1, 0.15) is 0 Å². The molecule has 0 spiro atoms. The van der Waals surface area contributed by atoms with Crippen LogP contribution in [0.5, 0.6) is 0 Å². The van der Waals surface area contributed by atoms with Crippen LogP contribution in [0.2, 0.25) is 0 Å². The van der Waals surface area contributed by atoms with Gasteiger partial charge in [-0.2, -0.15) is 17.0 Å². The van der Waals surface area contributed by atoms with Crippen LogP contribution in [0.4, 0.5) is 0 Å². The summed E-state index contributed by atoms with van der Waals surface area (Å²) in [5.41, 5.74) is 0. The number of hydrogen-bond donors (Lipinski definition) is 2. The number of aliphatic hydroxyl groups is 1. The van der Waals surface area contributed by atoms with E-state index in [1.165, 1.54) is 18.4 Å². The Morgan fingerprint density at radius 3 is 2.71 bits per heavy atom. The van der Waals surface area contributed by atoms with Crippen LogP contribution in [-0.2, 0) is 10.2 Å².